The molecule has 0 unspecified atom stereocenters. The van der Waals surface area contributed by atoms with Gasteiger partial charge in [-0.1, -0.05) is 0 Å². The molecule has 4 rings (SSSR count). The highest BCUT2D eigenvalue weighted by Crippen LogP contribution is 2.57. The summed E-state index contributed by atoms with van der Waals surface area (Å²) in [4.78, 5) is 21.9. The number of hydrogen-bond donors (Lipinski definition) is 1. The Kier molecular flexibility index (Phi) is 3.24. The van der Waals surface area contributed by atoms with E-state index in [-0.39, 0.29) is 17.8 Å². The van der Waals surface area contributed by atoms with Gasteiger partial charge in [-0.2, -0.15) is 17.6 Å². The molecule has 0 amide bonds. The summed E-state index contributed by atoms with van der Waals surface area (Å²) in [7, 11) is 0. The zero-order chi connectivity index (χ0) is 16.3. The number of carboxylic acid groups (broad SMARTS) is 1. The predicted octanol–water partition coefficient (Wildman–Crippen LogP) is 2.85. The molecule has 22 heavy (non-hydrogen) atoms. The molecule has 0 saturated heterocycles. The fourth-order valence-corrected chi connectivity index (χ4v) is 4.68. The van der Waals surface area contributed by atoms with Gasteiger partial charge in [-0.3, -0.25) is 0 Å². The lowest BCUT2D eigenvalue weighted by Crippen LogP contribution is -2.58. The van der Waals surface area contributed by atoms with E-state index >= 15 is 0 Å². The summed E-state index contributed by atoms with van der Waals surface area (Å²) in [6.45, 7) is 0. The molecule has 4 saturated carbocycles. The van der Waals surface area contributed by atoms with E-state index in [9.17, 15) is 27.2 Å². The van der Waals surface area contributed by atoms with Crippen LogP contribution in [0, 0.1) is 17.8 Å². The second kappa shape index (κ2) is 4.58. The fraction of sp³-hybridized carbons (Fsp3) is 0.857. The van der Waals surface area contributed by atoms with Crippen molar-refractivity contribution in [1.29, 1.82) is 0 Å². The van der Waals surface area contributed by atoms with E-state index in [1.54, 1.807) is 0 Å². The number of carbonyl (C=O) groups is 2. The SMILES string of the molecule is O=C(O)C(F)(F)C(F)(F)C(=O)OC12CC3CC(CC(C3)C1)C2. The van der Waals surface area contributed by atoms with E-state index in [0.29, 0.717) is 19.3 Å². The Morgan fingerprint density at radius 2 is 1.32 bits per heavy atom. The monoisotopic (exact) mass is 324 g/mol. The largest absolute Gasteiger partial charge is 0.477 e. The molecule has 0 aromatic carbocycles. The van der Waals surface area contributed by atoms with Crippen LogP contribution in [0.5, 0.6) is 0 Å². The molecule has 1 N–H and O–H groups in total. The zero-order valence-electron chi connectivity index (χ0n) is 11.7. The number of ether oxygens (including phenoxy) is 1. The molecule has 0 radical (unpaired) electrons. The van der Waals surface area contributed by atoms with Crippen molar-refractivity contribution >= 4 is 11.9 Å². The summed E-state index contributed by atoms with van der Waals surface area (Å²) in [5.41, 5.74) is -1.12. The summed E-state index contributed by atoms with van der Waals surface area (Å²) in [5, 5.41) is 8.22. The first-order valence-corrected chi connectivity index (χ1v) is 7.28. The molecule has 0 spiro atoms. The first kappa shape index (κ1) is 15.6. The van der Waals surface area contributed by atoms with Crippen LogP contribution in [0.4, 0.5) is 17.6 Å². The normalized spacial score (nSPS) is 37.2. The summed E-state index contributed by atoms with van der Waals surface area (Å²) >= 11 is 0. The first-order chi connectivity index (χ1) is 10.1. The number of rotatable bonds is 4. The second-order valence-corrected chi connectivity index (χ2v) is 6.94. The van der Waals surface area contributed by atoms with Crippen molar-refractivity contribution < 1.29 is 37.0 Å². The van der Waals surface area contributed by atoms with Gasteiger partial charge in [0.05, 0.1) is 0 Å². The molecular weight excluding hydrogens is 308 g/mol. The van der Waals surface area contributed by atoms with Gasteiger partial charge in [0.1, 0.15) is 5.60 Å². The standard InChI is InChI=1S/C14H16F4O4/c15-13(16,10(19)20)14(17,18)11(21)22-12-4-7-1-8(5-12)3-9(2-7)6-12/h7-9H,1-6H2,(H,19,20). The van der Waals surface area contributed by atoms with E-state index in [2.05, 4.69) is 0 Å². The topological polar surface area (TPSA) is 63.6 Å². The first-order valence-electron chi connectivity index (χ1n) is 7.28. The minimum Gasteiger partial charge on any atom is -0.477 e. The minimum absolute atomic E-state index is 0.271. The van der Waals surface area contributed by atoms with Crippen molar-refractivity contribution in [1.82, 2.24) is 0 Å². The highest BCUT2D eigenvalue weighted by atomic mass is 19.3. The fourth-order valence-electron chi connectivity index (χ4n) is 4.68. The van der Waals surface area contributed by atoms with E-state index in [4.69, 9.17) is 9.84 Å². The van der Waals surface area contributed by atoms with Gasteiger partial charge in [0, 0.05) is 0 Å². The molecule has 124 valence electrons. The Balaban J connectivity index is 1.78. The number of carbonyl (C=O) groups excluding carboxylic acids is 1. The van der Waals surface area contributed by atoms with Crippen molar-refractivity contribution in [2.45, 2.75) is 56.0 Å². The van der Waals surface area contributed by atoms with Crippen molar-refractivity contribution in [3.05, 3.63) is 0 Å². The molecule has 4 bridgehead atoms. The minimum atomic E-state index is -5.48. The lowest BCUT2D eigenvalue weighted by Gasteiger charge is -2.55. The molecule has 0 heterocycles. The molecule has 8 heteroatoms. The highest BCUT2D eigenvalue weighted by molar-refractivity contribution is 5.89. The Morgan fingerprint density at radius 3 is 1.68 bits per heavy atom. The van der Waals surface area contributed by atoms with Crippen LogP contribution < -0.4 is 0 Å². The Hall–Kier alpha value is -1.34. The number of carboxylic acids is 1. The van der Waals surface area contributed by atoms with Gasteiger partial charge >= 0.3 is 23.8 Å². The average molecular weight is 324 g/mol. The van der Waals surface area contributed by atoms with Crippen molar-refractivity contribution in [2.75, 3.05) is 0 Å². The molecule has 4 fully saturated rings. The average Bonchev–Trinajstić information content (AvgIpc) is 2.35. The van der Waals surface area contributed by atoms with Crippen molar-refractivity contribution in [2.24, 2.45) is 17.8 Å². The molecule has 0 aromatic heterocycles. The van der Waals surface area contributed by atoms with Gasteiger partial charge < -0.3 is 9.84 Å². The smallest absolute Gasteiger partial charge is 0.415 e. The van der Waals surface area contributed by atoms with E-state index in [0.717, 1.165) is 19.3 Å². The number of aliphatic carboxylic acids is 1. The van der Waals surface area contributed by atoms with Crippen LogP contribution in [0.1, 0.15) is 38.5 Å². The maximum atomic E-state index is 13.5. The van der Waals surface area contributed by atoms with Crippen LogP contribution in [0.15, 0.2) is 0 Å². The molecule has 4 aliphatic rings. The zero-order valence-corrected chi connectivity index (χ0v) is 11.7. The van der Waals surface area contributed by atoms with Crippen molar-refractivity contribution in [3.63, 3.8) is 0 Å². The van der Waals surface area contributed by atoms with Crippen LogP contribution in [0.3, 0.4) is 0 Å². The predicted molar refractivity (Wildman–Crippen MR) is 64.5 cm³/mol. The number of esters is 1. The summed E-state index contributed by atoms with van der Waals surface area (Å²) < 4.78 is 58.0. The van der Waals surface area contributed by atoms with Gasteiger partial charge in [-0.05, 0) is 56.3 Å². The number of halogens is 4. The molecule has 0 aliphatic heterocycles. The lowest BCUT2D eigenvalue weighted by molar-refractivity contribution is -0.250. The number of alkyl halides is 4. The molecular formula is C14H16F4O4. The maximum Gasteiger partial charge on any atom is 0.415 e. The van der Waals surface area contributed by atoms with E-state index in [1.807, 2.05) is 0 Å². The second-order valence-electron chi connectivity index (χ2n) is 6.94. The third kappa shape index (κ3) is 2.18. The van der Waals surface area contributed by atoms with Gasteiger partial charge in [-0.25, -0.2) is 9.59 Å². The molecule has 4 nitrogen and oxygen atoms in total. The number of hydrogen-bond acceptors (Lipinski definition) is 3. The third-order valence-corrected chi connectivity index (χ3v) is 5.21. The molecule has 4 aliphatic carbocycles. The van der Waals surface area contributed by atoms with E-state index in [1.165, 1.54) is 0 Å². The Bertz CT molecular complexity index is 482. The van der Waals surface area contributed by atoms with Gasteiger partial charge in [-0.15, -0.1) is 0 Å². The van der Waals surface area contributed by atoms with Crippen LogP contribution in [-0.2, 0) is 14.3 Å². The van der Waals surface area contributed by atoms with E-state index < -0.39 is 29.4 Å². The van der Waals surface area contributed by atoms with Crippen molar-refractivity contribution in [3.8, 4) is 0 Å². The van der Waals surface area contributed by atoms with Gasteiger partial charge in [0.25, 0.3) is 0 Å². The van der Waals surface area contributed by atoms with Gasteiger partial charge in [0.2, 0.25) is 0 Å². The summed E-state index contributed by atoms with van der Waals surface area (Å²) in [6, 6.07) is 0. The molecule has 0 aromatic rings. The Morgan fingerprint density at radius 1 is 0.909 bits per heavy atom. The third-order valence-electron chi connectivity index (χ3n) is 5.21. The summed E-state index contributed by atoms with van der Waals surface area (Å²) in [6.07, 6.45) is 4.08. The van der Waals surface area contributed by atoms with Crippen LogP contribution >= 0.6 is 0 Å². The quantitative estimate of drug-likeness (QED) is 0.638. The van der Waals surface area contributed by atoms with Crippen LogP contribution in [-0.4, -0.2) is 34.5 Å². The van der Waals surface area contributed by atoms with Gasteiger partial charge in [0.15, 0.2) is 0 Å². The highest BCUT2D eigenvalue weighted by Gasteiger charge is 2.70. The summed E-state index contributed by atoms with van der Waals surface area (Å²) in [5.74, 6) is -15.5. The maximum absolute atomic E-state index is 13.5. The Labute approximate surface area is 123 Å². The molecule has 0 atom stereocenters. The lowest BCUT2D eigenvalue weighted by atomic mass is 9.54. The van der Waals surface area contributed by atoms with Crippen LogP contribution in [0.25, 0.3) is 0 Å². The van der Waals surface area contributed by atoms with Crippen LogP contribution in [0.2, 0.25) is 0 Å².